The molecule has 98 valence electrons. The maximum Gasteiger partial charge on any atom is 0.195 e. The molecule has 3 heteroatoms. The van der Waals surface area contributed by atoms with E-state index < -0.39 is 5.79 Å². The highest BCUT2D eigenvalue weighted by Gasteiger charge is 2.51. The molecule has 1 heterocycles. The van der Waals surface area contributed by atoms with E-state index in [4.69, 9.17) is 14.5 Å². The van der Waals surface area contributed by atoms with Crippen LogP contribution < -0.4 is 0 Å². The van der Waals surface area contributed by atoms with Gasteiger partial charge >= 0.3 is 0 Å². The minimum atomic E-state index is -0.661. The smallest absolute Gasteiger partial charge is 0.195 e. The summed E-state index contributed by atoms with van der Waals surface area (Å²) in [4.78, 5) is 11.4. The number of ether oxygens (including phenoxy) is 1. The van der Waals surface area contributed by atoms with Crippen LogP contribution in [0, 0.1) is 5.92 Å². The number of hydrogen-bond acceptors (Lipinski definition) is 3. The first kappa shape index (κ1) is 12.2. The second kappa shape index (κ2) is 4.34. The van der Waals surface area contributed by atoms with Crippen molar-refractivity contribution in [2.75, 3.05) is 6.61 Å². The van der Waals surface area contributed by atoms with Crippen LogP contribution in [0.1, 0.15) is 38.7 Å². The van der Waals surface area contributed by atoms with E-state index in [0.29, 0.717) is 12.5 Å². The Morgan fingerprint density at radius 3 is 2.44 bits per heavy atom. The summed E-state index contributed by atoms with van der Waals surface area (Å²) >= 11 is 0. The van der Waals surface area contributed by atoms with Crippen molar-refractivity contribution in [3.63, 3.8) is 0 Å². The lowest BCUT2D eigenvalue weighted by atomic mass is 9.86. The molecule has 0 radical (unpaired) electrons. The number of benzene rings is 1. The Morgan fingerprint density at radius 2 is 1.78 bits per heavy atom. The molecule has 1 atom stereocenters. The van der Waals surface area contributed by atoms with Crippen molar-refractivity contribution in [3.8, 4) is 0 Å². The molecule has 1 saturated carbocycles. The van der Waals surface area contributed by atoms with Gasteiger partial charge in [0.05, 0.1) is 6.61 Å². The molecule has 1 unspecified atom stereocenters. The van der Waals surface area contributed by atoms with E-state index in [9.17, 15) is 0 Å². The van der Waals surface area contributed by atoms with Gasteiger partial charge in [0.1, 0.15) is 5.60 Å². The minimum absolute atomic E-state index is 0.324. The maximum absolute atomic E-state index is 5.89. The Balaban J connectivity index is 1.92. The third-order valence-corrected chi connectivity index (χ3v) is 3.81. The molecule has 3 nitrogen and oxygen atoms in total. The van der Waals surface area contributed by atoms with Crippen molar-refractivity contribution in [1.82, 2.24) is 0 Å². The summed E-state index contributed by atoms with van der Waals surface area (Å²) < 4.78 is 5.70. The molecule has 0 bridgehead atoms. The Kier molecular flexibility index (Phi) is 2.93. The van der Waals surface area contributed by atoms with Crippen LogP contribution in [0.4, 0.5) is 0 Å². The van der Waals surface area contributed by atoms with Gasteiger partial charge < -0.3 is 4.74 Å². The molecular weight excluding hydrogens is 228 g/mol. The van der Waals surface area contributed by atoms with Crippen LogP contribution >= 0.6 is 0 Å². The van der Waals surface area contributed by atoms with Crippen molar-refractivity contribution in [2.24, 2.45) is 5.92 Å². The van der Waals surface area contributed by atoms with Crippen LogP contribution in [0.15, 0.2) is 30.3 Å². The number of hydrogen-bond donors (Lipinski definition) is 0. The van der Waals surface area contributed by atoms with E-state index in [1.54, 1.807) is 0 Å². The molecule has 0 aromatic heterocycles. The number of rotatable bonds is 2. The molecule has 0 spiro atoms. The van der Waals surface area contributed by atoms with Gasteiger partial charge in [0.25, 0.3) is 0 Å². The summed E-state index contributed by atoms with van der Waals surface area (Å²) in [5, 5.41) is 0. The standard InChI is InChI=1S/C15H20O3/c1-14(2)16-11-10-15(18-17-14,13-8-9-13)12-6-4-3-5-7-12/h3-7,13H,8-11H2,1-2H3. The van der Waals surface area contributed by atoms with Crippen molar-refractivity contribution < 1.29 is 14.5 Å². The van der Waals surface area contributed by atoms with Crippen LogP contribution in [0.2, 0.25) is 0 Å². The first-order chi connectivity index (χ1) is 8.62. The lowest BCUT2D eigenvalue weighted by molar-refractivity contribution is -0.446. The normalized spacial score (nSPS) is 31.9. The second-order valence-corrected chi connectivity index (χ2v) is 5.69. The van der Waals surface area contributed by atoms with E-state index in [2.05, 4.69) is 24.3 Å². The molecule has 2 aliphatic rings. The average molecular weight is 248 g/mol. The molecule has 1 aliphatic heterocycles. The fourth-order valence-corrected chi connectivity index (χ4v) is 2.66. The third kappa shape index (κ3) is 2.18. The second-order valence-electron chi connectivity index (χ2n) is 5.69. The highest BCUT2D eigenvalue weighted by Crippen LogP contribution is 2.51. The first-order valence-corrected chi connectivity index (χ1v) is 6.69. The monoisotopic (exact) mass is 248 g/mol. The fourth-order valence-electron chi connectivity index (χ4n) is 2.66. The highest BCUT2D eigenvalue weighted by molar-refractivity contribution is 5.25. The maximum atomic E-state index is 5.89. The zero-order valence-electron chi connectivity index (χ0n) is 11.0. The summed E-state index contributed by atoms with van der Waals surface area (Å²) in [5.41, 5.74) is 0.878. The highest BCUT2D eigenvalue weighted by atomic mass is 17.2. The summed E-state index contributed by atoms with van der Waals surface area (Å²) in [6.07, 6.45) is 3.27. The van der Waals surface area contributed by atoms with Gasteiger partial charge in [0.15, 0.2) is 5.79 Å². The van der Waals surface area contributed by atoms with Crippen molar-refractivity contribution >= 4 is 0 Å². The van der Waals surface area contributed by atoms with Gasteiger partial charge in [-0.3, -0.25) is 0 Å². The van der Waals surface area contributed by atoms with Crippen LogP contribution in [0.25, 0.3) is 0 Å². The van der Waals surface area contributed by atoms with Crippen LogP contribution in [0.5, 0.6) is 0 Å². The van der Waals surface area contributed by atoms with E-state index in [-0.39, 0.29) is 5.60 Å². The Bertz CT molecular complexity index is 411. The molecular formula is C15H20O3. The lowest BCUT2D eigenvalue weighted by Gasteiger charge is -2.32. The Morgan fingerprint density at radius 1 is 1.06 bits per heavy atom. The van der Waals surface area contributed by atoms with Crippen molar-refractivity contribution in [1.29, 1.82) is 0 Å². The Labute approximate surface area is 108 Å². The molecule has 1 aliphatic carbocycles. The molecule has 0 amide bonds. The van der Waals surface area contributed by atoms with Crippen molar-refractivity contribution in [2.45, 2.75) is 44.5 Å². The molecule has 1 aromatic carbocycles. The summed E-state index contributed by atoms with van der Waals surface area (Å²) in [6.45, 7) is 4.44. The zero-order valence-corrected chi connectivity index (χ0v) is 11.0. The third-order valence-electron chi connectivity index (χ3n) is 3.81. The molecule has 18 heavy (non-hydrogen) atoms. The van der Waals surface area contributed by atoms with E-state index in [0.717, 1.165) is 6.42 Å². The molecule has 3 rings (SSSR count). The largest absolute Gasteiger partial charge is 0.348 e. The van der Waals surface area contributed by atoms with Gasteiger partial charge in [-0.15, -0.1) is 0 Å². The average Bonchev–Trinajstić information content (AvgIpc) is 3.18. The van der Waals surface area contributed by atoms with Gasteiger partial charge in [0, 0.05) is 6.42 Å². The topological polar surface area (TPSA) is 27.7 Å². The van der Waals surface area contributed by atoms with Crippen LogP contribution in [0.3, 0.4) is 0 Å². The van der Waals surface area contributed by atoms with Gasteiger partial charge in [-0.1, -0.05) is 30.3 Å². The van der Waals surface area contributed by atoms with Gasteiger partial charge in [-0.2, -0.15) is 0 Å². The van der Waals surface area contributed by atoms with E-state index in [1.165, 1.54) is 18.4 Å². The minimum Gasteiger partial charge on any atom is -0.348 e. The summed E-state index contributed by atoms with van der Waals surface area (Å²) in [7, 11) is 0. The molecule has 2 fully saturated rings. The van der Waals surface area contributed by atoms with E-state index >= 15 is 0 Å². The predicted octanol–water partition coefficient (Wildman–Crippen LogP) is 3.40. The van der Waals surface area contributed by atoms with Gasteiger partial charge in [-0.25, -0.2) is 9.78 Å². The SMILES string of the molecule is CC1(C)OCCC(c2ccccc2)(C2CC2)OO1. The first-order valence-electron chi connectivity index (χ1n) is 6.69. The molecule has 0 N–H and O–H groups in total. The van der Waals surface area contributed by atoms with Crippen LogP contribution in [-0.4, -0.2) is 12.4 Å². The van der Waals surface area contributed by atoms with Gasteiger partial charge in [-0.05, 0) is 38.2 Å². The van der Waals surface area contributed by atoms with Gasteiger partial charge in [0.2, 0.25) is 0 Å². The summed E-state index contributed by atoms with van der Waals surface area (Å²) in [5.74, 6) is -0.108. The van der Waals surface area contributed by atoms with Crippen molar-refractivity contribution in [3.05, 3.63) is 35.9 Å². The Hall–Kier alpha value is -0.900. The van der Waals surface area contributed by atoms with E-state index in [1.807, 2.05) is 19.9 Å². The zero-order chi connectivity index (χ0) is 12.6. The lowest BCUT2D eigenvalue weighted by Crippen LogP contribution is -2.34. The fraction of sp³-hybridized carbons (Fsp3) is 0.600. The molecule has 1 aromatic rings. The molecule has 1 saturated heterocycles. The van der Waals surface area contributed by atoms with Crippen LogP contribution in [-0.2, 0) is 20.1 Å². The summed E-state index contributed by atoms with van der Waals surface area (Å²) in [6, 6.07) is 10.4. The quantitative estimate of drug-likeness (QED) is 0.751. The predicted molar refractivity (Wildman–Crippen MR) is 67.7 cm³/mol.